The van der Waals surface area contributed by atoms with Crippen LogP contribution >= 0.6 is 12.2 Å². The molecule has 4 nitrogen and oxygen atoms in total. The minimum absolute atomic E-state index is 0.600. The summed E-state index contributed by atoms with van der Waals surface area (Å²) in [6.45, 7) is 0. The predicted octanol–water partition coefficient (Wildman–Crippen LogP) is 3.81. The maximum absolute atomic E-state index is 5.22. The van der Waals surface area contributed by atoms with E-state index in [2.05, 4.69) is 15.0 Å². The highest BCUT2D eigenvalue weighted by Crippen LogP contribution is 2.29. The number of nitrogens with one attached hydrogen (secondary N) is 2. The highest BCUT2D eigenvalue weighted by Gasteiger charge is 2.10. The highest BCUT2D eigenvalue weighted by molar-refractivity contribution is 7.71. The van der Waals surface area contributed by atoms with E-state index >= 15 is 0 Å². The lowest BCUT2D eigenvalue weighted by atomic mass is 10.1. The van der Waals surface area contributed by atoms with Gasteiger partial charge in [-0.25, -0.2) is 0 Å². The van der Waals surface area contributed by atoms with Crippen LogP contribution in [0.15, 0.2) is 48.8 Å². The van der Waals surface area contributed by atoms with Crippen LogP contribution in [-0.4, -0.2) is 22.1 Å². The molecule has 3 rings (SSSR count). The molecule has 5 heteroatoms. The minimum Gasteiger partial charge on any atom is -0.497 e. The minimum atomic E-state index is 0.600. The number of benzene rings is 1. The van der Waals surface area contributed by atoms with Crippen molar-refractivity contribution in [3.63, 3.8) is 0 Å². The highest BCUT2D eigenvalue weighted by atomic mass is 32.1. The average Bonchev–Trinajstić information content (AvgIpc) is 2.90. The number of ether oxygens (including phenoxy) is 1. The molecule has 0 radical (unpaired) electrons. The van der Waals surface area contributed by atoms with Crippen LogP contribution in [0.25, 0.3) is 22.5 Å². The van der Waals surface area contributed by atoms with Crippen molar-refractivity contribution >= 4 is 12.2 Å². The Hall–Kier alpha value is -2.40. The number of pyridine rings is 1. The second-order valence-electron chi connectivity index (χ2n) is 4.29. The average molecular weight is 283 g/mol. The maximum Gasteiger partial charge on any atom is 0.175 e. The molecule has 2 aromatic heterocycles. The Labute approximate surface area is 121 Å². The SMILES string of the molecule is COc1ccc(-c2[nH]c(=S)[nH]c2-c2ccncc2)cc1. The zero-order valence-electron chi connectivity index (χ0n) is 10.9. The molecule has 0 aliphatic rings. The molecule has 0 amide bonds. The number of imidazole rings is 1. The summed E-state index contributed by atoms with van der Waals surface area (Å²) in [4.78, 5) is 10.4. The van der Waals surface area contributed by atoms with Crippen LogP contribution in [0.2, 0.25) is 0 Å². The summed E-state index contributed by atoms with van der Waals surface area (Å²) in [5, 5.41) is 0. The van der Waals surface area contributed by atoms with Gasteiger partial charge in [0.2, 0.25) is 0 Å². The lowest BCUT2D eigenvalue weighted by Gasteiger charge is -2.05. The van der Waals surface area contributed by atoms with Crippen molar-refractivity contribution in [2.45, 2.75) is 0 Å². The molecule has 0 bridgehead atoms. The van der Waals surface area contributed by atoms with Gasteiger partial charge in [0.15, 0.2) is 4.77 Å². The number of rotatable bonds is 3. The molecule has 2 heterocycles. The third-order valence-electron chi connectivity index (χ3n) is 3.07. The Kier molecular flexibility index (Phi) is 3.35. The van der Waals surface area contributed by atoms with Gasteiger partial charge in [0, 0.05) is 23.5 Å². The summed E-state index contributed by atoms with van der Waals surface area (Å²) >= 11 is 5.22. The molecule has 0 aliphatic carbocycles. The van der Waals surface area contributed by atoms with Crippen molar-refractivity contribution in [3.8, 4) is 28.3 Å². The molecular formula is C15H13N3OS. The van der Waals surface area contributed by atoms with Crippen LogP contribution < -0.4 is 4.74 Å². The third-order valence-corrected chi connectivity index (χ3v) is 3.28. The van der Waals surface area contributed by atoms with E-state index in [0.29, 0.717) is 4.77 Å². The topological polar surface area (TPSA) is 53.7 Å². The van der Waals surface area contributed by atoms with Crippen molar-refractivity contribution in [1.29, 1.82) is 0 Å². The molecule has 3 aromatic rings. The molecule has 100 valence electrons. The summed E-state index contributed by atoms with van der Waals surface area (Å²) in [5.41, 5.74) is 4.01. The fraction of sp³-hybridized carbons (Fsp3) is 0.0667. The normalized spacial score (nSPS) is 10.4. The summed E-state index contributed by atoms with van der Waals surface area (Å²) in [5.74, 6) is 0.827. The van der Waals surface area contributed by atoms with E-state index in [1.807, 2.05) is 36.4 Å². The van der Waals surface area contributed by atoms with Gasteiger partial charge >= 0.3 is 0 Å². The first-order valence-corrected chi connectivity index (χ1v) is 6.56. The van der Waals surface area contributed by atoms with Crippen molar-refractivity contribution in [1.82, 2.24) is 15.0 Å². The number of methoxy groups -OCH3 is 1. The molecule has 0 atom stereocenters. The van der Waals surface area contributed by atoms with Gasteiger partial charge in [-0.15, -0.1) is 0 Å². The Morgan fingerprint density at radius 2 is 1.45 bits per heavy atom. The van der Waals surface area contributed by atoms with E-state index in [4.69, 9.17) is 17.0 Å². The van der Waals surface area contributed by atoms with Crippen molar-refractivity contribution < 1.29 is 4.74 Å². The van der Waals surface area contributed by atoms with Crippen LogP contribution in [0.5, 0.6) is 5.75 Å². The van der Waals surface area contributed by atoms with E-state index < -0.39 is 0 Å². The van der Waals surface area contributed by atoms with Crippen LogP contribution in [0, 0.1) is 4.77 Å². The second kappa shape index (κ2) is 5.30. The third kappa shape index (κ3) is 2.35. The van der Waals surface area contributed by atoms with E-state index in [-0.39, 0.29) is 0 Å². The fourth-order valence-electron chi connectivity index (χ4n) is 2.09. The summed E-state index contributed by atoms with van der Waals surface area (Å²) < 4.78 is 5.78. The Morgan fingerprint density at radius 1 is 0.900 bits per heavy atom. The number of H-pyrrole nitrogens is 2. The molecule has 0 aliphatic heterocycles. The molecule has 0 spiro atoms. The van der Waals surface area contributed by atoms with Gasteiger partial charge in [0.25, 0.3) is 0 Å². The zero-order chi connectivity index (χ0) is 13.9. The lowest BCUT2D eigenvalue weighted by molar-refractivity contribution is 0.415. The van der Waals surface area contributed by atoms with Crippen LogP contribution in [-0.2, 0) is 0 Å². The fourth-order valence-corrected chi connectivity index (χ4v) is 2.30. The summed E-state index contributed by atoms with van der Waals surface area (Å²) in [6, 6.07) is 11.7. The molecule has 0 saturated carbocycles. The van der Waals surface area contributed by atoms with Gasteiger partial charge in [-0.05, 0) is 48.6 Å². The van der Waals surface area contributed by atoms with Gasteiger partial charge in [0.05, 0.1) is 18.5 Å². The molecule has 2 N–H and O–H groups in total. The molecule has 20 heavy (non-hydrogen) atoms. The Morgan fingerprint density at radius 3 is 2.00 bits per heavy atom. The van der Waals surface area contributed by atoms with Gasteiger partial charge < -0.3 is 14.7 Å². The van der Waals surface area contributed by atoms with Crippen LogP contribution in [0.3, 0.4) is 0 Å². The van der Waals surface area contributed by atoms with Crippen molar-refractivity contribution in [2.24, 2.45) is 0 Å². The Bertz CT molecular complexity index is 760. The molecular weight excluding hydrogens is 270 g/mol. The Balaban J connectivity index is 2.12. The van der Waals surface area contributed by atoms with E-state index in [1.165, 1.54) is 0 Å². The van der Waals surface area contributed by atoms with Crippen LogP contribution in [0.4, 0.5) is 0 Å². The number of aromatic nitrogens is 3. The quantitative estimate of drug-likeness (QED) is 0.719. The van der Waals surface area contributed by atoms with Crippen LogP contribution in [0.1, 0.15) is 0 Å². The molecule has 0 unspecified atom stereocenters. The van der Waals surface area contributed by atoms with Crippen molar-refractivity contribution in [2.75, 3.05) is 7.11 Å². The lowest BCUT2D eigenvalue weighted by Crippen LogP contribution is -1.86. The van der Waals surface area contributed by atoms with E-state index in [0.717, 1.165) is 28.3 Å². The maximum atomic E-state index is 5.22. The van der Waals surface area contributed by atoms with Gasteiger partial charge in [-0.1, -0.05) is 0 Å². The van der Waals surface area contributed by atoms with E-state index in [1.54, 1.807) is 19.5 Å². The first-order chi connectivity index (χ1) is 9.78. The number of hydrogen-bond acceptors (Lipinski definition) is 3. The smallest absolute Gasteiger partial charge is 0.175 e. The van der Waals surface area contributed by atoms with Crippen molar-refractivity contribution in [3.05, 3.63) is 53.6 Å². The van der Waals surface area contributed by atoms with Gasteiger partial charge in [-0.2, -0.15) is 0 Å². The largest absolute Gasteiger partial charge is 0.497 e. The molecule has 1 aromatic carbocycles. The number of nitrogens with zero attached hydrogens (tertiary/aromatic N) is 1. The summed E-state index contributed by atoms with van der Waals surface area (Å²) in [6.07, 6.45) is 3.52. The standard InChI is InChI=1S/C15H13N3OS/c1-19-12-4-2-10(3-5-12)13-14(18-15(20)17-13)11-6-8-16-9-7-11/h2-9H,1H3,(H2,17,18,20). The number of aromatic amines is 2. The number of hydrogen-bond donors (Lipinski definition) is 2. The van der Waals surface area contributed by atoms with Gasteiger partial charge in [0.1, 0.15) is 5.75 Å². The second-order valence-corrected chi connectivity index (χ2v) is 4.70. The summed E-state index contributed by atoms with van der Waals surface area (Å²) in [7, 11) is 1.65. The predicted molar refractivity (Wildman–Crippen MR) is 81.2 cm³/mol. The molecule has 0 fully saturated rings. The zero-order valence-corrected chi connectivity index (χ0v) is 11.7. The van der Waals surface area contributed by atoms with Gasteiger partial charge in [-0.3, -0.25) is 4.98 Å². The first kappa shape index (κ1) is 12.6. The first-order valence-electron chi connectivity index (χ1n) is 6.15. The monoisotopic (exact) mass is 283 g/mol. The van der Waals surface area contributed by atoms with E-state index in [9.17, 15) is 0 Å². The molecule has 0 saturated heterocycles.